The van der Waals surface area contributed by atoms with Gasteiger partial charge in [0.1, 0.15) is 6.33 Å². The number of ketones is 1. The van der Waals surface area contributed by atoms with E-state index in [4.69, 9.17) is 0 Å². The van der Waals surface area contributed by atoms with Crippen LogP contribution in [0.15, 0.2) is 18.5 Å². The molecule has 2 aromatic rings. The van der Waals surface area contributed by atoms with Crippen LogP contribution in [-0.4, -0.2) is 44.6 Å². The van der Waals surface area contributed by atoms with E-state index in [2.05, 4.69) is 10.1 Å². The molecule has 0 bridgehead atoms. The molecule has 6 heteroatoms. The Hall–Kier alpha value is -2.50. The van der Waals surface area contributed by atoms with Crippen molar-refractivity contribution in [3.63, 3.8) is 0 Å². The van der Waals surface area contributed by atoms with E-state index in [1.54, 1.807) is 4.90 Å². The van der Waals surface area contributed by atoms with Crippen molar-refractivity contribution in [2.24, 2.45) is 0 Å². The van der Waals surface area contributed by atoms with Gasteiger partial charge < -0.3 is 4.90 Å². The monoisotopic (exact) mass is 314 g/mol. The summed E-state index contributed by atoms with van der Waals surface area (Å²) in [5, 5.41) is 4.07. The predicted octanol–water partition coefficient (Wildman–Crippen LogP) is 2.74. The molecule has 0 aliphatic carbocycles. The van der Waals surface area contributed by atoms with E-state index in [-0.39, 0.29) is 17.6 Å². The molecule has 1 aromatic heterocycles. The van der Waals surface area contributed by atoms with Gasteiger partial charge in [0.25, 0.3) is 0 Å². The highest BCUT2D eigenvalue weighted by atomic mass is 16.2. The molecule has 0 saturated carbocycles. The number of aromatic nitrogens is 3. The minimum atomic E-state index is -0.279. The van der Waals surface area contributed by atoms with E-state index in [1.807, 2.05) is 46.8 Å². The fourth-order valence-electron chi connectivity index (χ4n) is 2.75. The maximum absolute atomic E-state index is 12.7. The molecule has 0 spiro atoms. The highest BCUT2D eigenvalue weighted by molar-refractivity contribution is 6.08. The summed E-state index contributed by atoms with van der Waals surface area (Å²) in [6, 6.07) is 3.63. The zero-order chi connectivity index (χ0) is 17.1. The second kappa shape index (κ2) is 6.73. The van der Waals surface area contributed by atoms with Gasteiger partial charge in [-0.2, -0.15) is 4.68 Å². The van der Waals surface area contributed by atoms with Crippen LogP contribution in [0.3, 0.4) is 0 Å². The molecule has 0 aliphatic heterocycles. The standard InChI is InChI=1S/C17H22N4O2/c1-6-20(7-2)17(23)21-10-18-16(19-21)15(22)14-12(4)8-11(3)9-13(14)5/h8-10H,6-7H2,1-5H3. The van der Waals surface area contributed by atoms with Gasteiger partial charge in [-0.3, -0.25) is 4.79 Å². The summed E-state index contributed by atoms with van der Waals surface area (Å²) in [5.41, 5.74) is 3.48. The summed E-state index contributed by atoms with van der Waals surface area (Å²) in [7, 11) is 0. The molecule has 0 atom stereocenters. The first kappa shape index (κ1) is 16.9. The Bertz CT molecular complexity index is 722. The summed E-state index contributed by atoms with van der Waals surface area (Å²) >= 11 is 0. The lowest BCUT2D eigenvalue weighted by Crippen LogP contribution is -2.34. The highest BCUT2D eigenvalue weighted by Gasteiger charge is 2.21. The van der Waals surface area contributed by atoms with Gasteiger partial charge in [0.05, 0.1) is 0 Å². The molecule has 2 rings (SSSR count). The highest BCUT2D eigenvalue weighted by Crippen LogP contribution is 2.18. The quantitative estimate of drug-likeness (QED) is 0.814. The number of aryl methyl sites for hydroxylation is 3. The third-order valence-electron chi connectivity index (χ3n) is 3.83. The van der Waals surface area contributed by atoms with Gasteiger partial charge in [-0.1, -0.05) is 17.7 Å². The van der Waals surface area contributed by atoms with Gasteiger partial charge in [0, 0.05) is 18.7 Å². The maximum atomic E-state index is 12.7. The predicted molar refractivity (Wildman–Crippen MR) is 87.8 cm³/mol. The van der Waals surface area contributed by atoms with E-state index < -0.39 is 0 Å². The number of amides is 1. The summed E-state index contributed by atoms with van der Waals surface area (Å²) in [6.45, 7) is 10.7. The van der Waals surface area contributed by atoms with Crippen molar-refractivity contribution < 1.29 is 9.59 Å². The minimum Gasteiger partial charge on any atom is -0.323 e. The minimum absolute atomic E-state index is 0.0422. The maximum Gasteiger partial charge on any atom is 0.346 e. The van der Waals surface area contributed by atoms with Gasteiger partial charge in [0.15, 0.2) is 0 Å². The van der Waals surface area contributed by atoms with Crippen LogP contribution >= 0.6 is 0 Å². The fourth-order valence-corrected chi connectivity index (χ4v) is 2.75. The van der Waals surface area contributed by atoms with Crippen LogP contribution in [0.25, 0.3) is 0 Å². The number of nitrogens with zero attached hydrogens (tertiary/aromatic N) is 4. The van der Waals surface area contributed by atoms with Crippen LogP contribution in [0, 0.1) is 20.8 Å². The number of carbonyl (C=O) groups excluding carboxylic acids is 2. The van der Waals surface area contributed by atoms with Crippen molar-refractivity contribution in [1.29, 1.82) is 0 Å². The van der Waals surface area contributed by atoms with E-state index in [0.29, 0.717) is 18.7 Å². The molecule has 0 saturated heterocycles. The average molecular weight is 314 g/mol. The van der Waals surface area contributed by atoms with Crippen LogP contribution in [0.2, 0.25) is 0 Å². The number of carbonyl (C=O) groups is 2. The van der Waals surface area contributed by atoms with Crippen molar-refractivity contribution in [3.05, 3.63) is 46.5 Å². The van der Waals surface area contributed by atoms with Crippen LogP contribution < -0.4 is 0 Å². The summed E-state index contributed by atoms with van der Waals surface area (Å²) in [4.78, 5) is 30.6. The third-order valence-corrected chi connectivity index (χ3v) is 3.83. The van der Waals surface area contributed by atoms with E-state index >= 15 is 0 Å². The van der Waals surface area contributed by atoms with Crippen LogP contribution in [-0.2, 0) is 0 Å². The Balaban J connectivity index is 2.34. The van der Waals surface area contributed by atoms with Gasteiger partial charge in [-0.05, 0) is 45.7 Å². The van der Waals surface area contributed by atoms with Gasteiger partial charge in [-0.15, -0.1) is 5.10 Å². The zero-order valence-corrected chi connectivity index (χ0v) is 14.3. The summed E-state index contributed by atoms with van der Waals surface area (Å²) < 4.78 is 1.12. The zero-order valence-electron chi connectivity index (χ0n) is 14.3. The first-order valence-electron chi connectivity index (χ1n) is 7.72. The Morgan fingerprint density at radius 1 is 1.09 bits per heavy atom. The van der Waals surface area contributed by atoms with Crippen molar-refractivity contribution in [2.45, 2.75) is 34.6 Å². The molecule has 1 heterocycles. The lowest BCUT2D eigenvalue weighted by atomic mass is 9.96. The molecule has 0 fully saturated rings. The number of hydrogen-bond acceptors (Lipinski definition) is 4. The second-order valence-electron chi connectivity index (χ2n) is 5.57. The third kappa shape index (κ3) is 3.31. The molecule has 1 aromatic carbocycles. The van der Waals surface area contributed by atoms with Crippen molar-refractivity contribution in [3.8, 4) is 0 Å². The molecule has 23 heavy (non-hydrogen) atoms. The second-order valence-corrected chi connectivity index (χ2v) is 5.57. The molecule has 122 valence electrons. The average Bonchev–Trinajstić information content (AvgIpc) is 2.97. The number of hydrogen-bond donors (Lipinski definition) is 0. The van der Waals surface area contributed by atoms with Gasteiger partial charge in [0.2, 0.25) is 11.6 Å². The molecule has 6 nitrogen and oxygen atoms in total. The van der Waals surface area contributed by atoms with E-state index in [1.165, 1.54) is 6.33 Å². The van der Waals surface area contributed by atoms with E-state index in [0.717, 1.165) is 21.4 Å². The van der Waals surface area contributed by atoms with Crippen LogP contribution in [0.4, 0.5) is 4.79 Å². The van der Waals surface area contributed by atoms with Crippen molar-refractivity contribution in [1.82, 2.24) is 19.7 Å². The number of rotatable bonds is 4. The van der Waals surface area contributed by atoms with Crippen LogP contribution in [0.1, 0.15) is 46.7 Å². The number of benzene rings is 1. The molecule has 0 aliphatic rings. The molecule has 0 radical (unpaired) electrons. The largest absolute Gasteiger partial charge is 0.346 e. The van der Waals surface area contributed by atoms with Crippen molar-refractivity contribution in [2.75, 3.05) is 13.1 Å². The lowest BCUT2D eigenvalue weighted by molar-refractivity contribution is 0.102. The SMILES string of the molecule is CCN(CC)C(=O)n1cnc(C(=O)c2c(C)cc(C)cc2C)n1. The Morgan fingerprint density at radius 2 is 1.65 bits per heavy atom. The van der Waals surface area contributed by atoms with Gasteiger partial charge in [-0.25, -0.2) is 9.78 Å². The molecular formula is C17H22N4O2. The first-order chi connectivity index (χ1) is 10.9. The fraction of sp³-hybridized carbons (Fsp3) is 0.412. The Kier molecular flexibility index (Phi) is 4.93. The summed E-state index contributed by atoms with van der Waals surface area (Å²) in [5.74, 6) is -0.216. The molecular weight excluding hydrogens is 292 g/mol. The Morgan fingerprint density at radius 3 is 2.17 bits per heavy atom. The first-order valence-corrected chi connectivity index (χ1v) is 7.72. The smallest absolute Gasteiger partial charge is 0.323 e. The lowest BCUT2D eigenvalue weighted by Gasteiger charge is -2.17. The van der Waals surface area contributed by atoms with Gasteiger partial charge >= 0.3 is 6.03 Å². The van der Waals surface area contributed by atoms with E-state index in [9.17, 15) is 9.59 Å². The van der Waals surface area contributed by atoms with Crippen LogP contribution in [0.5, 0.6) is 0 Å². The van der Waals surface area contributed by atoms with Crippen molar-refractivity contribution >= 4 is 11.8 Å². The topological polar surface area (TPSA) is 68.1 Å². The molecule has 0 N–H and O–H groups in total. The molecule has 0 unspecified atom stereocenters. The summed E-state index contributed by atoms with van der Waals surface area (Å²) in [6.07, 6.45) is 1.30. The normalized spacial score (nSPS) is 10.7. The molecule has 1 amide bonds. The Labute approximate surface area is 136 Å².